The molecule has 3 heteroatoms. The van der Waals surface area contributed by atoms with E-state index in [0.717, 1.165) is 39.1 Å². The molecule has 15 heavy (non-hydrogen) atoms. The Kier molecular flexibility index (Phi) is 3.57. The Labute approximate surface area is 91.5 Å². The molecule has 1 unspecified atom stereocenters. The summed E-state index contributed by atoms with van der Waals surface area (Å²) in [5.74, 6) is 0. The van der Waals surface area contributed by atoms with Crippen LogP contribution < -0.4 is 5.32 Å². The average molecular weight is 208 g/mol. The molecule has 2 aliphatic rings. The van der Waals surface area contributed by atoms with Crippen LogP contribution in [0.5, 0.6) is 0 Å². The molecule has 0 bridgehead atoms. The summed E-state index contributed by atoms with van der Waals surface area (Å²) in [6.07, 6.45) is 4.76. The number of nitrogens with zero attached hydrogens (tertiary/aromatic N) is 1. The van der Waals surface area contributed by atoms with Crippen LogP contribution >= 0.6 is 0 Å². The first kappa shape index (κ1) is 10.9. The van der Waals surface area contributed by atoms with Crippen LogP contribution in [0.3, 0.4) is 0 Å². The molecule has 1 atom stereocenters. The Morgan fingerprint density at radius 2 is 2.13 bits per heavy atom. The molecule has 1 fully saturated rings. The minimum absolute atomic E-state index is 0.259. The van der Waals surface area contributed by atoms with Crippen LogP contribution in [0, 0.1) is 0 Å². The van der Waals surface area contributed by atoms with Gasteiger partial charge in [-0.05, 0) is 18.9 Å². The topological polar surface area (TPSA) is 35.5 Å². The van der Waals surface area contributed by atoms with Crippen LogP contribution in [0.15, 0.2) is 23.3 Å². The van der Waals surface area contributed by atoms with Gasteiger partial charge in [-0.25, -0.2) is 0 Å². The van der Waals surface area contributed by atoms with E-state index in [0.29, 0.717) is 0 Å². The summed E-state index contributed by atoms with van der Waals surface area (Å²) < 4.78 is 0. The predicted octanol–water partition coefficient (Wildman–Crippen LogP) is 0.529. The van der Waals surface area contributed by atoms with Crippen LogP contribution in [-0.2, 0) is 0 Å². The van der Waals surface area contributed by atoms with Crippen molar-refractivity contribution < 1.29 is 5.11 Å². The largest absolute Gasteiger partial charge is 0.388 e. The van der Waals surface area contributed by atoms with Gasteiger partial charge in [-0.2, -0.15) is 0 Å². The monoisotopic (exact) mass is 208 g/mol. The zero-order valence-corrected chi connectivity index (χ0v) is 9.37. The Hall–Kier alpha value is -0.640. The van der Waals surface area contributed by atoms with E-state index >= 15 is 0 Å². The van der Waals surface area contributed by atoms with Crippen LogP contribution in [0.2, 0.25) is 0 Å². The molecule has 0 aromatic heterocycles. The molecule has 1 saturated heterocycles. The molecular formula is C12H20N2O. The number of hydrogen-bond acceptors (Lipinski definition) is 3. The Bertz CT molecular complexity index is 277. The molecule has 2 N–H and O–H groups in total. The minimum Gasteiger partial charge on any atom is -0.388 e. The van der Waals surface area contributed by atoms with E-state index in [4.69, 9.17) is 0 Å². The van der Waals surface area contributed by atoms with Crippen LogP contribution in [0.4, 0.5) is 0 Å². The van der Waals surface area contributed by atoms with Crippen molar-refractivity contribution in [3.8, 4) is 0 Å². The van der Waals surface area contributed by atoms with Gasteiger partial charge >= 0.3 is 0 Å². The van der Waals surface area contributed by atoms with Gasteiger partial charge in [0.15, 0.2) is 0 Å². The number of aliphatic hydroxyl groups is 1. The maximum atomic E-state index is 9.92. The quantitative estimate of drug-likeness (QED) is 0.695. The zero-order valence-electron chi connectivity index (χ0n) is 9.37. The van der Waals surface area contributed by atoms with Gasteiger partial charge in [-0.3, -0.25) is 4.90 Å². The summed E-state index contributed by atoms with van der Waals surface area (Å²) in [4.78, 5) is 2.40. The molecule has 1 heterocycles. The van der Waals surface area contributed by atoms with Gasteiger partial charge < -0.3 is 10.4 Å². The van der Waals surface area contributed by atoms with Crippen molar-refractivity contribution in [2.75, 3.05) is 32.7 Å². The highest BCUT2D eigenvalue weighted by molar-refractivity contribution is 5.27. The van der Waals surface area contributed by atoms with E-state index < -0.39 is 0 Å². The number of hydrogen-bond donors (Lipinski definition) is 2. The average Bonchev–Trinajstić information content (AvgIpc) is 2.24. The Morgan fingerprint density at radius 1 is 1.40 bits per heavy atom. The summed E-state index contributed by atoms with van der Waals surface area (Å²) in [5.41, 5.74) is 2.44. The van der Waals surface area contributed by atoms with Gasteiger partial charge in [0.05, 0.1) is 6.10 Å². The molecule has 1 aliphatic heterocycles. The smallest absolute Gasteiger partial charge is 0.0802 e. The summed E-state index contributed by atoms with van der Waals surface area (Å²) in [6.45, 7) is 7.31. The highest BCUT2D eigenvalue weighted by atomic mass is 16.3. The van der Waals surface area contributed by atoms with E-state index in [1.54, 1.807) is 0 Å². The van der Waals surface area contributed by atoms with Crippen molar-refractivity contribution in [3.05, 3.63) is 23.3 Å². The molecule has 0 radical (unpaired) electrons. The summed E-state index contributed by atoms with van der Waals surface area (Å²) in [5, 5.41) is 13.3. The number of aliphatic hydroxyl groups excluding tert-OH is 1. The molecule has 0 spiro atoms. The lowest BCUT2D eigenvalue weighted by Crippen LogP contribution is -2.45. The highest BCUT2D eigenvalue weighted by Gasteiger charge is 2.18. The summed E-state index contributed by atoms with van der Waals surface area (Å²) in [7, 11) is 0. The molecule has 0 aromatic rings. The third-order valence-electron chi connectivity index (χ3n) is 3.14. The van der Waals surface area contributed by atoms with Crippen molar-refractivity contribution in [1.82, 2.24) is 10.2 Å². The minimum atomic E-state index is -0.259. The SMILES string of the molecule is CC1=CC=C(CN2CCNCC2)C(O)C1. The van der Waals surface area contributed by atoms with Crippen molar-refractivity contribution in [2.45, 2.75) is 19.4 Å². The molecule has 0 aromatic carbocycles. The molecule has 0 saturated carbocycles. The Morgan fingerprint density at radius 3 is 2.80 bits per heavy atom. The van der Waals surface area contributed by atoms with Crippen LogP contribution in [-0.4, -0.2) is 48.8 Å². The van der Waals surface area contributed by atoms with Gasteiger partial charge in [0.25, 0.3) is 0 Å². The Balaban J connectivity index is 1.92. The lowest BCUT2D eigenvalue weighted by atomic mass is 9.96. The normalized spacial score (nSPS) is 28.5. The second-order valence-corrected chi connectivity index (χ2v) is 4.50. The maximum Gasteiger partial charge on any atom is 0.0802 e. The van der Waals surface area contributed by atoms with E-state index in [-0.39, 0.29) is 6.10 Å². The van der Waals surface area contributed by atoms with Crippen LogP contribution in [0.25, 0.3) is 0 Å². The number of piperazine rings is 1. The number of nitrogens with one attached hydrogen (secondary N) is 1. The first-order valence-electron chi connectivity index (χ1n) is 5.73. The van der Waals surface area contributed by atoms with Crippen molar-refractivity contribution >= 4 is 0 Å². The first-order chi connectivity index (χ1) is 7.25. The van der Waals surface area contributed by atoms with Crippen molar-refractivity contribution in [1.29, 1.82) is 0 Å². The van der Waals surface area contributed by atoms with Crippen LogP contribution in [0.1, 0.15) is 13.3 Å². The second kappa shape index (κ2) is 4.92. The van der Waals surface area contributed by atoms with Gasteiger partial charge in [0.1, 0.15) is 0 Å². The first-order valence-corrected chi connectivity index (χ1v) is 5.73. The molecule has 0 amide bonds. The fourth-order valence-electron chi connectivity index (χ4n) is 2.15. The molecule has 3 nitrogen and oxygen atoms in total. The standard InChI is InChI=1S/C12H20N2O/c1-10-2-3-11(12(15)8-10)9-14-6-4-13-5-7-14/h2-3,12-13,15H,4-9H2,1H3. The number of allylic oxidation sites excluding steroid dienone is 2. The molecule has 84 valence electrons. The van der Waals surface area contributed by atoms with Gasteiger partial charge in [0, 0.05) is 32.7 Å². The lowest BCUT2D eigenvalue weighted by Gasteiger charge is -2.30. The summed E-state index contributed by atoms with van der Waals surface area (Å²) in [6, 6.07) is 0. The van der Waals surface area contributed by atoms with E-state index in [9.17, 15) is 5.11 Å². The second-order valence-electron chi connectivity index (χ2n) is 4.50. The molecular weight excluding hydrogens is 188 g/mol. The third kappa shape index (κ3) is 2.91. The van der Waals surface area contributed by atoms with Crippen molar-refractivity contribution in [3.63, 3.8) is 0 Å². The van der Waals surface area contributed by atoms with Gasteiger partial charge in [-0.1, -0.05) is 17.7 Å². The highest BCUT2D eigenvalue weighted by Crippen LogP contribution is 2.19. The summed E-state index contributed by atoms with van der Waals surface area (Å²) >= 11 is 0. The van der Waals surface area contributed by atoms with E-state index in [1.165, 1.54) is 11.1 Å². The van der Waals surface area contributed by atoms with Crippen molar-refractivity contribution in [2.24, 2.45) is 0 Å². The van der Waals surface area contributed by atoms with E-state index in [2.05, 4.69) is 29.3 Å². The van der Waals surface area contributed by atoms with Gasteiger partial charge in [0.2, 0.25) is 0 Å². The lowest BCUT2D eigenvalue weighted by molar-refractivity contribution is 0.183. The van der Waals surface area contributed by atoms with Gasteiger partial charge in [-0.15, -0.1) is 0 Å². The fraction of sp³-hybridized carbons (Fsp3) is 0.667. The zero-order chi connectivity index (χ0) is 10.7. The molecule has 2 rings (SSSR count). The maximum absolute atomic E-state index is 9.92. The third-order valence-corrected chi connectivity index (χ3v) is 3.14. The van der Waals surface area contributed by atoms with E-state index in [1.807, 2.05) is 0 Å². The fourth-order valence-corrected chi connectivity index (χ4v) is 2.15. The molecule has 1 aliphatic carbocycles. The number of rotatable bonds is 2. The predicted molar refractivity (Wildman–Crippen MR) is 61.8 cm³/mol.